The lowest BCUT2D eigenvalue weighted by molar-refractivity contribution is 0.00578. The van der Waals surface area contributed by atoms with Gasteiger partial charge < -0.3 is 75.7 Å². The van der Waals surface area contributed by atoms with Gasteiger partial charge in [0.1, 0.15) is 43.4 Å². The van der Waals surface area contributed by atoms with Gasteiger partial charge in [-0.25, -0.2) is 18.6 Å². The molecular formula is C49H73B3Br2Cl2O20S. The van der Waals surface area contributed by atoms with Crippen molar-refractivity contribution in [3.8, 4) is 34.5 Å². The average molecular weight is 1280 g/mol. The van der Waals surface area contributed by atoms with Crippen LogP contribution in [-0.4, -0.2) is 153 Å². The first-order chi connectivity index (χ1) is 35.5. The number of methoxy groups -OCH3 is 9. The number of hydrogen-bond acceptors (Lipinski definition) is 20. The fourth-order valence-corrected chi connectivity index (χ4v) is 7.68. The number of halogens is 4. The Morgan fingerprint density at radius 3 is 0.792 bits per heavy atom. The van der Waals surface area contributed by atoms with Gasteiger partial charge in [0.25, 0.3) is 0 Å². The molecule has 0 atom stereocenters. The second kappa shape index (κ2) is 30.3. The zero-order valence-electron chi connectivity index (χ0n) is 47.8. The normalized spacial score (nSPS) is 17.3. The van der Waals surface area contributed by atoms with Crippen molar-refractivity contribution < 1.29 is 94.3 Å². The van der Waals surface area contributed by atoms with Crippen LogP contribution in [0.3, 0.4) is 0 Å². The highest BCUT2D eigenvalue weighted by Gasteiger charge is 2.64. The summed E-state index contributed by atoms with van der Waals surface area (Å²) in [5.41, 5.74) is -0.708. The van der Waals surface area contributed by atoms with Crippen molar-refractivity contribution in [1.29, 1.82) is 0 Å². The summed E-state index contributed by atoms with van der Waals surface area (Å²) in [6.45, 7) is 24.1. The van der Waals surface area contributed by atoms with Gasteiger partial charge in [-0.2, -0.15) is 0 Å². The summed E-state index contributed by atoms with van der Waals surface area (Å²) >= 11 is 6.61. The largest absolute Gasteiger partial charge is 0.502 e. The summed E-state index contributed by atoms with van der Waals surface area (Å²) in [5, 5.41) is 7.00. The molecule has 1 N–H and O–H groups in total. The summed E-state index contributed by atoms with van der Waals surface area (Å²) in [4.78, 5) is 34.4. The topological polar surface area (TPSA) is 227 Å². The molecular weight excluding hydrogens is 1200 g/mol. The second-order valence-electron chi connectivity index (χ2n) is 19.2. The molecule has 20 nitrogen and oxygen atoms in total. The van der Waals surface area contributed by atoms with Gasteiger partial charge in [0, 0.05) is 28.5 Å². The van der Waals surface area contributed by atoms with Gasteiger partial charge in [-0.1, -0.05) is 0 Å². The summed E-state index contributed by atoms with van der Waals surface area (Å²) in [6.07, 6.45) is 0. The molecule has 77 heavy (non-hydrogen) atoms. The summed E-state index contributed by atoms with van der Waals surface area (Å²) in [7, 11) is 19.8. The first-order valence-corrected chi connectivity index (χ1v) is 27.5. The van der Waals surface area contributed by atoms with Gasteiger partial charge in [0.2, 0.25) is 9.23 Å². The van der Waals surface area contributed by atoms with E-state index in [0.29, 0.717) is 65.6 Å². The molecule has 3 aromatic rings. The van der Waals surface area contributed by atoms with E-state index in [2.05, 4.69) is 62.7 Å². The Balaban J connectivity index is 0.000000502. The maximum absolute atomic E-state index is 11.8. The van der Waals surface area contributed by atoms with Crippen molar-refractivity contribution in [2.75, 3.05) is 71.1 Å². The monoisotopic (exact) mass is 1270 g/mol. The van der Waals surface area contributed by atoms with Crippen molar-refractivity contribution >= 4 is 107 Å². The molecule has 0 aromatic heterocycles. The molecule has 0 spiro atoms. The average Bonchev–Trinajstić information content (AvgIpc) is 3.85. The van der Waals surface area contributed by atoms with E-state index >= 15 is 0 Å². The number of aliphatic hydroxyl groups excluding tert-OH is 1. The fourth-order valence-electron chi connectivity index (χ4n) is 6.58. The third kappa shape index (κ3) is 18.5. The molecule has 3 aliphatic heterocycles. The molecule has 6 rings (SSSR count). The number of ether oxygens (including phenoxy) is 9. The lowest BCUT2D eigenvalue weighted by atomic mass is 9.49. The van der Waals surface area contributed by atoms with Gasteiger partial charge in [-0.15, -0.1) is 0 Å². The third-order valence-corrected chi connectivity index (χ3v) is 14.5. The quantitative estimate of drug-likeness (QED) is 0.0816. The molecule has 3 heterocycles. The molecule has 3 saturated heterocycles. The van der Waals surface area contributed by atoms with Crippen LogP contribution in [-0.2, 0) is 51.4 Å². The summed E-state index contributed by atoms with van der Waals surface area (Å²) < 4.78 is 91.6. The van der Waals surface area contributed by atoms with Gasteiger partial charge >= 0.3 is 39.0 Å². The SMILES string of the molecule is CC1(C)OB(B2OC(C)(C)C(C)(C)O2)OC1(C)C.CO.COC(=O)c1cc(OC)c(B2OC(C)(C)C(C)(C)O2)c(OC)c1.COC(=O)c1cc(OC)c(Br)c(OC)c1.COC(=O)c1cc(OC)c(Br)c(OC)c1.O=S(Cl)Cl. The highest BCUT2D eigenvalue weighted by atomic mass is 79.9. The molecule has 0 radical (unpaired) electrons. The zero-order valence-corrected chi connectivity index (χ0v) is 53.3. The van der Waals surface area contributed by atoms with Crippen molar-refractivity contribution in [3.05, 3.63) is 62.0 Å². The number of esters is 3. The standard InChI is InChI=1S/C16H23BO6.C12H24B2O4.2C10H11BrO4.CH4O.Cl2OS/c1-15(2)16(3,4)23-17(22-15)13-11(19-5)8-10(14(18)21-7)9-12(13)20-6;1-9(2)10(3,4)16-13(15-9)14-17-11(5,6)12(7,8)18-14;2*1-13-7-4-6(10(12)15-3)5-8(14-2)9(7)11;1-2;1-4(2)3/h8-9H,1-7H3;1-8H3;2*4-5H,1-3H3;2H,1H3;. The van der Waals surface area contributed by atoms with Crippen LogP contribution in [0.4, 0.5) is 0 Å². The number of rotatable bonds is 11. The Bertz CT molecular complexity index is 2250. The molecule has 0 unspecified atom stereocenters. The second-order valence-corrected chi connectivity index (χ2v) is 23.3. The van der Waals surface area contributed by atoms with Crippen LogP contribution in [0.1, 0.15) is 114 Å². The van der Waals surface area contributed by atoms with Crippen LogP contribution in [0.25, 0.3) is 0 Å². The van der Waals surface area contributed by atoms with E-state index in [0.717, 1.165) is 7.11 Å². The van der Waals surface area contributed by atoms with E-state index in [1.165, 1.54) is 64.0 Å². The first kappa shape index (κ1) is 71.5. The van der Waals surface area contributed by atoms with Crippen LogP contribution < -0.4 is 33.9 Å². The molecule has 0 bridgehead atoms. The number of hydrogen-bond donors (Lipinski definition) is 1. The lowest BCUT2D eigenvalue weighted by Crippen LogP contribution is -2.41. The molecule has 0 amide bonds. The van der Waals surface area contributed by atoms with Crippen LogP contribution >= 0.6 is 53.2 Å². The van der Waals surface area contributed by atoms with Crippen molar-refractivity contribution in [2.24, 2.45) is 0 Å². The van der Waals surface area contributed by atoms with Crippen molar-refractivity contribution in [1.82, 2.24) is 0 Å². The molecule has 3 aromatic carbocycles. The van der Waals surface area contributed by atoms with E-state index in [-0.39, 0.29) is 22.4 Å². The third-order valence-electron chi connectivity index (χ3n) is 13.0. The Hall–Kier alpha value is -3.53. The predicted molar refractivity (Wildman–Crippen MR) is 304 cm³/mol. The molecule has 432 valence electrons. The van der Waals surface area contributed by atoms with Crippen LogP contribution in [0.5, 0.6) is 34.5 Å². The molecule has 3 fully saturated rings. The van der Waals surface area contributed by atoms with E-state index in [4.69, 9.17) is 70.4 Å². The Morgan fingerprint density at radius 1 is 0.429 bits per heavy atom. The maximum atomic E-state index is 11.8. The van der Waals surface area contributed by atoms with E-state index < -0.39 is 59.5 Å². The van der Waals surface area contributed by atoms with Crippen LogP contribution in [0, 0.1) is 0 Å². The lowest BCUT2D eigenvalue weighted by Gasteiger charge is -2.32. The number of carbonyl (C=O) groups is 3. The van der Waals surface area contributed by atoms with E-state index in [1.807, 2.05) is 83.1 Å². The predicted octanol–water partition coefficient (Wildman–Crippen LogP) is 9.20. The Morgan fingerprint density at radius 2 is 0.610 bits per heavy atom. The molecule has 3 aliphatic rings. The molecule has 0 aliphatic carbocycles. The number of benzene rings is 3. The van der Waals surface area contributed by atoms with Crippen LogP contribution in [0.15, 0.2) is 45.3 Å². The van der Waals surface area contributed by atoms with E-state index in [1.54, 1.807) is 36.4 Å². The van der Waals surface area contributed by atoms with Crippen molar-refractivity contribution in [3.63, 3.8) is 0 Å². The van der Waals surface area contributed by atoms with Crippen LogP contribution in [0.2, 0.25) is 0 Å². The minimum atomic E-state index is -1.67. The van der Waals surface area contributed by atoms with Crippen molar-refractivity contribution in [2.45, 2.75) is 117 Å². The Kier molecular flexibility index (Phi) is 28.2. The highest BCUT2D eigenvalue weighted by molar-refractivity contribution is 9.11. The van der Waals surface area contributed by atoms with E-state index in [9.17, 15) is 14.4 Å². The first-order valence-electron chi connectivity index (χ1n) is 23.1. The fraction of sp³-hybridized carbons (Fsp3) is 0.571. The summed E-state index contributed by atoms with van der Waals surface area (Å²) in [6, 6.07) is 9.51. The van der Waals surface area contributed by atoms with Gasteiger partial charge in [-0.05, 0) is 151 Å². The maximum Gasteiger partial charge on any atom is 0.502 e. The van der Waals surface area contributed by atoms with Gasteiger partial charge in [-0.3, -0.25) is 0 Å². The number of aliphatic hydroxyl groups is 1. The van der Waals surface area contributed by atoms with Gasteiger partial charge in [0.05, 0.1) is 120 Å². The Labute approximate surface area is 482 Å². The number of carbonyl (C=O) groups excluding carboxylic acids is 3. The minimum absolute atomic E-state index is 0.335. The summed E-state index contributed by atoms with van der Waals surface area (Å²) in [5.74, 6) is 1.65. The minimum Gasteiger partial charge on any atom is -0.497 e. The highest BCUT2D eigenvalue weighted by Crippen LogP contribution is 2.44. The zero-order chi connectivity index (χ0) is 59.8. The smallest absolute Gasteiger partial charge is 0.497 e. The molecule has 28 heteroatoms. The molecule has 0 saturated carbocycles. The van der Waals surface area contributed by atoms with Gasteiger partial charge in [0.15, 0.2) is 0 Å².